The summed E-state index contributed by atoms with van der Waals surface area (Å²) in [6.07, 6.45) is 3.06. The van der Waals surface area contributed by atoms with Crippen LogP contribution in [0.25, 0.3) is 6.08 Å². The summed E-state index contributed by atoms with van der Waals surface area (Å²) < 4.78 is 0. The molecule has 2 heteroatoms. The average molecular weight is 263 g/mol. The first kappa shape index (κ1) is 12.7. The molecular weight excluding hydrogens is 246 g/mol. The van der Waals surface area contributed by atoms with Gasteiger partial charge < -0.3 is 5.32 Å². The lowest BCUT2D eigenvalue weighted by atomic mass is 9.98. The first-order chi connectivity index (χ1) is 9.74. The predicted molar refractivity (Wildman–Crippen MR) is 81.1 cm³/mol. The first-order valence-electron chi connectivity index (χ1n) is 6.84. The zero-order valence-corrected chi connectivity index (χ0v) is 11.5. The molecule has 1 unspecified atom stereocenters. The second kappa shape index (κ2) is 5.33. The van der Waals surface area contributed by atoms with Crippen molar-refractivity contribution in [2.45, 2.75) is 19.4 Å². The summed E-state index contributed by atoms with van der Waals surface area (Å²) in [5.41, 5.74) is 4.90. The molecule has 20 heavy (non-hydrogen) atoms. The zero-order valence-electron chi connectivity index (χ0n) is 11.5. The lowest BCUT2D eigenvalue weighted by Gasteiger charge is -2.18. The van der Waals surface area contributed by atoms with Gasteiger partial charge in [0, 0.05) is 6.92 Å². The van der Waals surface area contributed by atoms with Crippen LogP contribution in [0.5, 0.6) is 0 Å². The SMILES string of the molecule is CC(=O)NC1C(Cc2ccccc2)=Cc2ccccc21. The van der Waals surface area contributed by atoms with Gasteiger partial charge >= 0.3 is 0 Å². The maximum absolute atomic E-state index is 11.5. The lowest BCUT2D eigenvalue weighted by Crippen LogP contribution is -2.26. The standard InChI is InChI=1S/C18H17NO/c1-13(20)19-18-16(11-14-7-3-2-4-8-14)12-15-9-5-6-10-17(15)18/h2-10,12,18H,11H2,1H3,(H,19,20). The van der Waals surface area contributed by atoms with Gasteiger partial charge in [-0.2, -0.15) is 0 Å². The van der Waals surface area contributed by atoms with Gasteiger partial charge in [-0.25, -0.2) is 0 Å². The van der Waals surface area contributed by atoms with E-state index in [1.807, 2.05) is 30.3 Å². The number of hydrogen-bond acceptors (Lipinski definition) is 1. The maximum atomic E-state index is 11.5. The van der Waals surface area contributed by atoms with Gasteiger partial charge in [-0.1, -0.05) is 60.7 Å². The Balaban J connectivity index is 1.91. The Morgan fingerprint density at radius 2 is 1.75 bits per heavy atom. The summed E-state index contributed by atoms with van der Waals surface area (Å²) in [6, 6.07) is 18.6. The van der Waals surface area contributed by atoms with Crippen molar-refractivity contribution in [3.8, 4) is 0 Å². The molecule has 1 atom stereocenters. The van der Waals surface area contributed by atoms with Crippen molar-refractivity contribution in [1.82, 2.24) is 5.32 Å². The topological polar surface area (TPSA) is 29.1 Å². The van der Waals surface area contributed by atoms with Crippen LogP contribution in [0.4, 0.5) is 0 Å². The van der Waals surface area contributed by atoms with Gasteiger partial charge in [-0.15, -0.1) is 0 Å². The Labute approximate surface area is 119 Å². The van der Waals surface area contributed by atoms with E-state index in [0.717, 1.165) is 6.42 Å². The third-order valence-electron chi connectivity index (χ3n) is 3.62. The molecule has 2 nitrogen and oxygen atoms in total. The molecule has 1 N–H and O–H groups in total. The van der Waals surface area contributed by atoms with E-state index < -0.39 is 0 Å². The smallest absolute Gasteiger partial charge is 0.217 e. The molecule has 100 valence electrons. The molecule has 3 rings (SSSR count). The Bertz CT molecular complexity index is 658. The van der Waals surface area contributed by atoms with E-state index in [-0.39, 0.29) is 11.9 Å². The molecule has 1 aliphatic carbocycles. The molecule has 0 spiro atoms. The number of hydrogen-bond donors (Lipinski definition) is 1. The molecule has 2 aromatic carbocycles. The molecule has 0 saturated carbocycles. The zero-order chi connectivity index (χ0) is 13.9. The van der Waals surface area contributed by atoms with Crippen molar-refractivity contribution in [1.29, 1.82) is 0 Å². The average Bonchev–Trinajstić information content (AvgIpc) is 2.78. The minimum atomic E-state index is 0.00362. The normalized spacial score (nSPS) is 16.4. The molecule has 0 fully saturated rings. The summed E-state index contributed by atoms with van der Waals surface area (Å²) in [5, 5.41) is 3.06. The van der Waals surface area contributed by atoms with Crippen LogP contribution >= 0.6 is 0 Å². The van der Waals surface area contributed by atoms with Gasteiger partial charge in [0.25, 0.3) is 0 Å². The van der Waals surface area contributed by atoms with E-state index >= 15 is 0 Å². The Kier molecular flexibility index (Phi) is 3.38. The Morgan fingerprint density at radius 3 is 2.50 bits per heavy atom. The fourth-order valence-corrected chi connectivity index (χ4v) is 2.75. The highest BCUT2D eigenvalue weighted by molar-refractivity contribution is 5.77. The van der Waals surface area contributed by atoms with E-state index in [2.05, 4.69) is 35.7 Å². The number of carbonyl (C=O) groups is 1. The molecule has 0 bridgehead atoms. The van der Waals surface area contributed by atoms with Gasteiger partial charge in [-0.3, -0.25) is 4.79 Å². The fourth-order valence-electron chi connectivity index (χ4n) is 2.75. The van der Waals surface area contributed by atoms with Crippen LogP contribution in [0.1, 0.15) is 29.7 Å². The summed E-state index contributed by atoms with van der Waals surface area (Å²) in [4.78, 5) is 11.5. The molecule has 0 saturated heterocycles. The van der Waals surface area contributed by atoms with E-state index in [0.29, 0.717) is 0 Å². The Morgan fingerprint density at radius 1 is 1.05 bits per heavy atom. The number of benzene rings is 2. The van der Waals surface area contributed by atoms with Crippen LogP contribution in [-0.2, 0) is 11.2 Å². The highest BCUT2D eigenvalue weighted by Crippen LogP contribution is 2.35. The highest BCUT2D eigenvalue weighted by atomic mass is 16.1. The molecule has 1 amide bonds. The van der Waals surface area contributed by atoms with E-state index in [9.17, 15) is 4.79 Å². The van der Waals surface area contributed by atoms with E-state index in [1.54, 1.807) is 6.92 Å². The van der Waals surface area contributed by atoms with Crippen LogP contribution in [0.3, 0.4) is 0 Å². The van der Waals surface area contributed by atoms with Gasteiger partial charge in [0.2, 0.25) is 5.91 Å². The first-order valence-corrected chi connectivity index (χ1v) is 6.84. The number of carbonyl (C=O) groups excluding carboxylic acids is 1. The van der Waals surface area contributed by atoms with Crippen LogP contribution in [0.2, 0.25) is 0 Å². The summed E-state index contributed by atoms with van der Waals surface area (Å²) in [6.45, 7) is 1.57. The number of nitrogens with one attached hydrogen (secondary N) is 1. The predicted octanol–water partition coefficient (Wildman–Crippen LogP) is 3.50. The second-order valence-corrected chi connectivity index (χ2v) is 5.14. The summed E-state index contributed by atoms with van der Waals surface area (Å²) in [5.74, 6) is 0.00525. The number of fused-ring (bicyclic) bond motifs is 1. The number of rotatable bonds is 3. The second-order valence-electron chi connectivity index (χ2n) is 5.14. The lowest BCUT2D eigenvalue weighted by molar-refractivity contribution is -0.119. The molecule has 0 aromatic heterocycles. The quantitative estimate of drug-likeness (QED) is 0.902. The van der Waals surface area contributed by atoms with Crippen molar-refractivity contribution in [3.63, 3.8) is 0 Å². The molecule has 1 aliphatic rings. The highest BCUT2D eigenvalue weighted by Gasteiger charge is 2.25. The number of amides is 1. The minimum Gasteiger partial charge on any atom is -0.346 e. The van der Waals surface area contributed by atoms with Crippen LogP contribution in [-0.4, -0.2) is 5.91 Å². The Hall–Kier alpha value is -2.35. The summed E-state index contributed by atoms with van der Waals surface area (Å²) >= 11 is 0. The molecule has 0 radical (unpaired) electrons. The van der Waals surface area contributed by atoms with Gasteiger partial charge in [0.15, 0.2) is 0 Å². The van der Waals surface area contributed by atoms with Crippen molar-refractivity contribution in [2.75, 3.05) is 0 Å². The molecule has 0 aliphatic heterocycles. The van der Waals surface area contributed by atoms with Gasteiger partial charge in [0.05, 0.1) is 6.04 Å². The molecular formula is C18H17NO. The van der Waals surface area contributed by atoms with E-state index in [1.165, 1.54) is 22.3 Å². The molecule has 0 heterocycles. The third kappa shape index (κ3) is 2.50. The van der Waals surface area contributed by atoms with Crippen molar-refractivity contribution in [2.24, 2.45) is 0 Å². The monoisotopic (exact) mass is 263 g/mol. The minimum absolute atomic E-state index is 0.00362. The van der Waals surface area contributed by atoms with Crippen molar-refractivity contribution < 1.29 is 4.79 Å². The van der Waals surface area contributed by atoms with Crippen molar-refractivity contribution >= 4 is 12.0 Å². The van der Waals surface area contributed by atoms with Crippen molar-refractivity contribution in [3.05, 3.63) is 76.9 Å². The van der Waals surface area contributed by atoms with E-state index in [4.69, 9.17) is 0 Å². The fraction of sp³-hybridized carbons (Fsp3) is 0.167. The summed E-state index contributed by atoms with van der Waals surface area (Å²) in [7, 11) is 0. The van der Waals surface area contributed by atoms with Gasteiger partial charge in [-0.05, 0) is 28.7 Å². The van der Waals surface area contributed by atoms with Gasteiger partial charge in [0.1, 0.15) is 0 Å². The molecule has 2 aromatic rings. The third-order valence-corrected chi connectivity index (χ3v) is 3.62. The maximum Gasteiger partial charge on any atom is 0.217 e. The van der Waals surface area contributed by atoms with Crippen LogP contribution in [0.15, 0.2) is 60.2 Å². The van der Waals surface area contributed by atoms with Crippen LogP contribution < -0.4 is 5.32 Å². The largest absolute Gasteiger partial charge is 0.346 e. The van der Waals surface area contributed by atoms with Crippen LogP contribution in [0, 0.1) is 0 Å².